The van der Waals surface area contributed by atoms with Crippen molar-refractivity contribution in [3.63, 3.8) is 0 Å². The lowest BCUT2D eigenvalue weighted by Crippen LogP contribution is -2.45. The summed E-state index contributed by atoms with van der Waals surface area (Å²) in [4.78, 5) is 13.1. The first-order valence-corrected chi connectivity index (χ1v) is 11.2. The SMILES string of the molecule is Cn1ccc(NC(=O)C(Cc2ccccc2)NS(=O)(=O)c2ccc3ccccc3c2)n1. The molecule has 0 bridgehead atoms. The van der Waals surface area contributed by atoms with Gasteiger partial charge in [-0.25, -0.2) is 8.42 Å². The van der Waals surface area contributed by atoms with Crippen molar-refractivity contribution < 1.29 is 13.2 Å². The fraction of sp³-hybridized carbons (Fsp3) is 0.130. The third-order valence-corrected chi connectivity index (χ3v) is 6.36. The fourth-order valence-electron chi connectivity index (χ4n) is 3.32. The molecule has 0 aliphatic rings. The smallest absolute Gasteiger partial charge is 0.244 e. The number of carbonyl (C=O) groups excluding carboxylic acids is 1. The molecule has 3 aromatic carbocycles. The predicted octanol–water partition coefficient (Wildman–Crippen LogP) is 3.10. The molecular formula is C23H22N4O3S. The van der Waals surface area contributed by atoms with Crippen LogP contribution in [0.15, 0.2) is 90.0 Å². The number of nitrogens with zero attached hydrogens (tertiary/aromatic N) is 2. The largest absolute Gasteiger partial charge is 0.308 e. The quantitative estimate of drug-likeness (QED) is 0.467. The van der Waals surface area contributed by atoms with E-state index in [0.29, 0.717) is 5.82 Å². The highest BCUT2D eigenvalue weighted by molar-refractivity contribution is 7.89. The third-order valence-electron chi connectivity index (χ3n) is 4.89. The lowest BCUT2D eigenvalue weighted by molar-refractivity contribution is -0.117. The Morgan fingerprint density at radius 1 is 0.968 bits per heavy atom. The van der Waals surface area contributed by atoms with Gasteiger partial charge in [0, 0.05) is 19.3 Å². The van der Waals surface area contributed by atoms with Gasteiger partial charge in [-0.2, -0.15) is 9.82 Å². The number of benzene rings is 3. The van der Waals surface area contributed by atoms with Gasteiger partial charge in [-0.1, -0.05) is 60.7 Å². The van der Waals surface area contributed by atoms with Crippen LogP contribution in [0.2, 0.25) is 0 Å². The maximum Gasteiger partial charge on any atom is 0.244 e. The number of rotatable bonds is 7. The number of fused-ring (bicyclic) bond motifs is 1. The van der Waals surface area contributed by atoms with Gasteiger partial charge >= 0.3 is 0 Å². The molecule has 0 radical (unpaired) electrons. The summed E-state index contributed by atoms with van der Waals surface area (Å²) in [5.41, 5.74) is 0.838. The summed E-state index contributed by atoms with van der Waals surface area (Å²) in [5.74, 6) is -0.123. The molecule has 1 aromatic heterocycles. The number of carbonyl (C=O) groups is 1. The van der Waals surface area contributed by atoms with Crippen LogP contribution in [0.4, 0.5) is 5.82 Å². The van der Waals surface area contributed by atoms with E-state index in [0.717, 1.165) is 16.3 Å². The summed E-state index contributed by atoms with van der Waals surface area (Å²) in [6, 6.07) is 22.3. The summed E-state index contributed by atoms with van der Waals surface area (Å²) in [6.07, 6.45) is 1.90. The first-order valence-electron chi connectivity index (χ1n) is 9.76. The van der Waals surface area contributed by atoms with Crippen molar-refractivity contribution in [1.82, 2.24) is 14.5 Å². The van der Waals surface area contributed by atoms with Crippen LogP contribution in [-0.2, 0) is 28.3 Å². The van der Waals surface area contributed by atoms with E-state index in [2.05, 4.69) is 15.1 Å². The van der Waals surface area contributed by atoms with Crippen LogP contribution in [0, 0.1) is 0 Å². The van der Waals surface area contributed by atoms with Crippen molar-refractivity contribution in [2.24, 2.45) is 7.05 Å². The number of anilines is 1. The Kier molecular flexibility index (Phi) is 5.83. The van der Waals surface area contributed by atoms with Crippen molar-refractivity contribution in [2.45, 2.75) is 17.4 Å². The molecule has 4 rings (SSSR count). The molecule has 0 fully saturated rings. The molecule has 0 spiro atoms. The van der Waals surface area contributed by atoms with E-state index in [-0.39, 0.29) is 11.3 Å². The Labute approximate surface area is 180 Å². The van der Waals surface area contributed by atoms with Crippen LogP contribution in [0.5, 0.6) is 0 Å². The molecule has 2 N–H and O–H groups in total. The van der Waals surface area contributed by atoms with Crippen LogP contribution in [0.3, 0.4) is 0 Å². The number of hydrogen-bond donors (Lipinski definition) is 2. The monoisotopic (exact) mass is 434 g/mol. The average molecular weight is 435 g/mol. The van der Waals surface area contributed by atoms with Gasteiger partial charge < -0.3 is 5.32 Å². The Morgan fingerprint density at radius 2 is 1.68 bits per heavy atom. The highest BCUT2D eigenvalue weighted by Crippen LogP contribution is 2.20. The number of sulfonamides is 1. The number of nitrogens with one attached hydrogen (secondary N) is 2. The van der Waals surface area contributed by atoms with Gasteiger partial charge in [0.05, 0.1) is 4.90 Å². The van der Waals surface area contributed by atoms with Gasteiger partial charge in [0.25, 0.3) is 0 Å². The number of amides is 1. The van der Waals surface area contributed by atoms with Crippen molar-refractivity contribution in [2.75, 3.05) is 5.32 Å². The maximum absolute atomic E-state index is 13.1. The number of aryl methyl sites for hydroxylation is 1. The molecule has 4 aromatic rings. The van der Waals surface area contributed by atoms with Gasteiger partial charge in [-0.15, -0.1) is 0 Å². The molecule has 8 heteroatoms. The molecule has 1 unspecified atom stereocenters. The minimum Gasteiger partial charge on any atom is -0.308 e. The second kappa shape index (κ2) is 8.71. The van der Waals surface area contributed by atoms with Crippen molar-refractivity contribution in [3.8, 4) is 0 Å². The number of hydrogen-bond acceptors (Lipinski definition) is 4. The summed E-state index contributed by atoms with van der Waals surface area (Å²) in [5, 5.41) is 8.57. The molecule has 158 valence electrons. The summed E-state index contributed by atoms with van der Waals surface area (Å²) >= 11 is 0. The molecule has 1 heterocycles. The van der Waals surface area contributed by atoms with E-state index in [1.807, 2.05) is 54.6 Å². The van der Waals surface area contributed by atoms with Crippen LogP contribution in [0.25, 0.3) is 10.8 Å². The lowest BCUT2D eigenvalue weighted by Gasteiger charge is -2.18. The highest BCUT2D eigenvalue weighted by atomic mass is 32.2. The van der Waals surface area contributed by atoms with Crippen LogP contribution in [0.1, 0.15) is 5.56 Å². The van der Waals surface area contributed by atoms with Crippen LogP contribution >= 0.6 is 0 Å². The average Bonchev–Trinajstić information content (AvgIpc) is 3.18. The number of aromatic nitrogens is 2. The first kappa shape index (κ1) is 20.8. The van der Waals surface area contributed by atoms with Gasteiger partial charge in [0.1, 0.15) is 6.04 Å². The molecule has 1 amide bonds. The minimum atomic E-state index is -3.94. The summed E-state index contributed by atoms with van der Waals surface area (Å²) in [6.45, 7) is 0. The Hall–Kier alpha value is -3.49. The maximum atomic E-state index is 13.1. The summed E-state index contributed by atoms with van der Waals surface area (Å²) in [7, 11) is -2.20. The van der Waals surface area contributed by atoms with E-state index in [1.54, 1.807) is 42.2 Å². The topological polar surface area (TPSA) is 93.1 Å². The van der Waals surface area contributed by atoms with E-state index in [9.17, 15) is 13.2 Å². The van der Waals surface area contributed by atoms with Gasteiger partial charge in [-0.3, -0.25) is 9.48 Å². The van der Waals surface area contributed by atoms with E-state index in [1.165, 1.54) is 0 Å². The molecule has 7 nitrogen and oxygen atoms in total. The molecule has 1 atom stereocenters. The zero-order valence-corrected chi connectivity index (χ0v) is 17.7. The molecular weight excluding hydrogens is 412 g/mol. The van der Waals surface area contributed by atoms with E-state index < -0.39 is 22.0 Å². The first-order chi connectivity index (χ1) is 14.9. The van der Waals surface area contributed by atoms with Crippen molar-refractivity contribution >= 4 is 32.5 Å². The molecule has 0 saturated carbocycles. The van der Waals surface area contributed by atoms with Gasteiger partial charge in [0.2, 0.25) is 15.9 Å². The van der Waals surface area contributed by atoms with Gasteiger partial charge in [-0.05, 0) is 34.9 Å². The third kappa shape index (κ3) is 4.99. The zero-order valence-electron chi connectivity index (χ0n) is 16.9. The molecule has 0 saturated heterocycles. The summed E-state index contributed by atoms with van der Waals surface area (Å²) < 4.78 is 30.4. The Morgan fingerprint density at radius 3 is 2.39 bits per heavy atom. The molecule has 31 heavy (non-hydrogen) atoms. The Balaban J connectivity index is 1.62. The zero-order chi connectivity index (χ0) is 21.8. The minimum absolute atomic E-state index is 0.106. The molecule has 0 aliphatic heterocycles. The second-order valence-electron chi connectivity index (χ2n) is 7.24. The standard InChI is InChI=1S/C23H22N4O3S/c1-27-14-13-22(25-27)24-23(28)21(15-17-7-3-2-4-8-17)26-31(29,30)20-12-11-18-9-5-6-10-19(18)16-20/h2-14,16,21,26H,15H2,1H3,(H,24,25,28). The van der Waals surface area contributed by atoms with Crippen LogP contribution < -0.4 is 10.0 Å². The second-order valence-corrected chi connectivity index (χ2v) is 8.95. The van der Waals surface area contributed by atoms with E-state index in [4.69, 9.17) is 0 Å². The Bertz CT molecular complexity index is 1320. The predicted molar refractivity (Wildman–Crippen MR) is 120 cm³/mol. The van der Waals surface area contributed by atoms with Crippen LogP contribution in [-0.4, -0.2) is 30.1 Å². The lowest BCUT2D eigenvalue weighted by atomic mass is 10.1. The van der Waals surface area contributed by atoms with Crippen molar-refractivity contribution in [3.05, 3.63) is 90.6 Å². The molecule has 0 aliphatic carbocycles. The normalized spacial score (nSPS) is 12.5. The van der Waals surface area contributed by atoms with Crippen molar-refractivity contribution in [1.29, 1.82) is 0 Å². The highest BCUT2D eigenvalue weighted by Gasteiger charge is 2.27. The van der Waals surface area contributed by atoms with E-state index >= 15 is 0 Å². The fourth-order valence-corrected chi connectivity index (χ4v) is 4.55. The van der Waals surface area contributed by atoms with Gasteiger partial charge in [0.15, 0.2) is 5.82 Å².